The summed E-state index contributed by atoms with van der Waals surface area (Å²) in [5.74, 6) is 0.898. The number of rotatable bonds is 7. The summed E-state index contributed by atoms with van der Waals surface area (Å²) >= 11 is 0. The smallest absolute Gasteiger partial charge is 0.157 e. The van der Waals surface area contributed by atoms with E-state index in [4.69, 9.17) is 4.74 Å². The average molecular weight is 563 g/mol. The molecule has 0 aromatic rings. The van der Waals surface area contributed by atoms with Crippen molar-refractivity contribution in [2.45, 2.75) is 195 Å². The minimum absolute atomic E-state index is 0.0720. The number of fused-ring (bicyclic) bond motifs is 1. The molecule has 0 saturated carbocycles. The third-order valence-corrected chi connectivity index (χ3v) is 11.1. The Morgan fingerprint density at radius 2 is 1.23 bits per heavy atom. The van der Waals surface area contributed by atoms with Gasteiger partial charge in [0.05, 0.1) is 5.76 Å². The Balaban J connectivity index is 2.32. The van der Waals surface area contributed by atoms with Crippen LogP contribution in [0.2, 0.25) is 0 Å². The molecule has 0 spiro atoms. The summed E-state index contributed by atoms with van der Waals surface area (Å²) in [6.45, 7) is 9.44. The number of aliphatic hydroxyl groups excluding tert-OH is 2. The Hall–Kier alpha value is -0.540. The molecule has 3 heteroatoms. The zero-order valence-electron chi connectivity index (χ0n) is 27.7. The lowest BCUT2D eigenvalue weighted by Crippen LogP contribution is -2.38. The largest absolute Gasteiger partial charge is 0.512 e. The van der Waals surface area contributed by atoms with Crippen LogP contribution in [0.5, 0.6) is 0 Å². The second-order valence-electron chi connectivity index (χ2n) is 14.4. The lowest BCUT2D eigenvalue weighted by molar-refractivity contribution is -0.124. The van der Waals surface area contributed by atoms with Gasteiger partial charge in [-0.1, -0.05) is 143 Å². The first-order chi connectivity index (χ1) is 19.3. The third kappa shape index (κ3) is 11.6. The van der Waals surface area contributed by atoms with E-state index in [1.54, 1.807) is 7.11 Å². The van der Waals surface area contributed by atoms with E-state index in [1.807, 2.05) is 0 Å². The SMILES string of the molecule is CCCC1(CC)CCCCCCCCCCCCCCCCCC(C)(CCC)C2CC(C(O)OC)CC(=C2O)C1. The van der Waals surface area contributed by atoms with Crippen LogP contribution in [-0.4, -0.2) is 23.6 Å². The molecule has 0 saturated heterocycles. The van der Waals surface area contributed by atoms with Crippen molar-refractivity contribution in [3.05, 3.63) is 11.3 Å². The number of allylic oxidation sites excluding steroid dienone is 2. The van der Waals surface area contributed by atoms with Gasteiger partial charge < -0.3 is 14.9 Å². The number of hydrogen-bond donors (Lipinski definition) is 2. The normalized spacial score (nSPS) is 32.5. The van der Waals surface area contributed by atoms with Gasteiger partial charge in [-0.25, -0.2) is 0 Å². The van der Waals surface area contributed by atoms with E-state index in [-0.39, 0.29) is 22.7 Å². The molecule has 0 heterocycles. The van der Waals surface area contributed by atoms with Crippen LogP contribution in [0.1, 0.15) is 188 Å². The molecule has 2 rings (SSSR count). The summed E-state index contributed by atoms with van der Waals surface area (Å²) in [7, 11) is 1.64. The van der Waals surface area contributed by atoms with Crippen LogP contribution in [0, 0.1) is 22.7 Å². The summed E-state index contributed by atoms with van der Waals surface area (Å²) in [5, 5.41) is 22.9. The molecule has 0 amide bonds. The van der Waals surface area contributed by atoms with Crippen molar-refractivity contribution in [2.24, 2.45) is 22.7 Å². The van der Waals surface area contributed by atoms with Gasteiger partial charge in [-0.05, 0) is 61.3 Å². The topological polar surface area (TPSA) is 49.7 Å². The van der Waals surface area contributed by atoms with Gasteiger partial charge in [0.1, 0.15) is 0 Å². The maximum Gasteiger partial charge on any atom is 0.157 e. The van der Waals surface area contributed by atoms with E-state index in [2.05, 4.69) is 27.7 Å². The number of methoxy groups -OCH3 is 1. The highest BCUT2D eigenvalue weighted by Gasteiger charge is 2.44. The first-order valence-corrected chi connectivity index (χ1v) is 18.0. The molecule has 2 bridgehead atoms. The van der Waals surface area contributed by atoms with E-state index in [9.17, 15) is 10.2 Å². The number of ether oxygens (including phenoxy) is 1. The van der Waals surface area contributed by atoms with Crippen LogP contribution in [0.3, 0.4) is 0 Å². The maximum absolute atomic E-state index is 12.0. The zero-order chi connectivity index (χ0) is 29.3. The Labute approximate surface area is 250 Å². The van der Waals surface area contributed by atoms with Crippen molar-refractivity contribution >= 4 is 0 Å². The monoisotopic (exact) mass is 563 g/mol. The van der Waals surface area contributed by atoms with Crippen molar-refractivity contribution < 1.29 is 14.9 Å². The maximum atomic E-state index is 12.0. The van der Waals surface area contributed by atoms with Crippen LogP contribution in [0.4, 0.5) is 0 Å². The van der Waals surface area contributed by atoms with E-state index >= 15 is 0 Å². The molecule has 0 aromatic heterocycles. The quantitative estimate of drug-likeness (QED) is 0.303. The van der Waals surface area contributed by atoms with Crippen LogP contribution in [0.15, 0.2) is 11.3 Å². The molecule has 40 heavy (non-hydrogen) atoms. The second kappa shape index (κ2) is 19.6. The van der Waals surface area contributed by atoms with Crippen molar-refractivity contribution in [2.75, 3.05) is 7.11 Å². The minimum atomic E-state index is -0.749. The summed E-state index contributed by atoms with van der Waals surface area (Å²) in [6.07, 6.45) is 30.8. The van der Waals surface area contributed by atoms with E-state index in [0.717, 1.165) is 32.1 Å². The molecule has 5 atom stereocenters. The zero-order valence-corrected chi connectivity index (χ0v) is 27.7. The Kier molecular flexibility index (Phi) is 17.5. The van der Waals surface area contributed by atoms with Gasteiger partial charge in [-0.15, -0.1) is 0 Å². The molecule has 2 N–H and O–H groups in total. The molecule has 0 radical (unpaired) electrons. The lowest BCUT2D eigenvalue weighted by atomic mass is 9.61. The van der Waals surface area contributed by atoms with Crippen LogP contribution in [-0.2, 0) is 4.74 Å². The second-order valence-corrected chi connectivity index (χ2v) is 14.4. The van der Waals surface area contributed by atoms with Gasteiger partial charge in [0.15, 0.2) is 6.29 Å². The molecule has 5 unspecified atom stereocenters. The predicted octanol–water partition coefficient (Wildman–Crippen LogP) is 11.8. The van der Waals surface area contributed by atoms with Crippen LogP contribution >= 0.6 is 0 Å². The van der Waals surface area contributed by atoms with Gasteiger partial charge in [-0.2, -0.15) is 0 Å². The molecular weight excluding hydrogens is 492 g/mol. The van der Waals surface area contributed by atoms with Gasteiger partial charge in [0.2, 0.25) is 0 Å². The van der Waals surface area contributed by atoms with E-state index in [1.165, 1.54) is 134 Å². The van der Waals surface area contributed by atoms with Crippen molar-refractivity contribution in [1.82, 2.24) is 0 Å². The van der Waals surface area contributed by atoms with Gasteiger partial charge in [-0.3, -0.25) is 0 Å². The van der Waals surface area contributed by atoms with Crippen LogP contribution < -0.4 is 0 Å². The standard InChI is InChI=1S/C37H70O3/c1-6-24-36(4)26-22-20-18-16-14-12-10-9-11-13-15-17-19-21-23-27-37(8-3,25-7-2)30-32-28-31(35(39)40-5)29-33(36)34(32)38/h31,33,35,38-39H,6-30H2,1-5H3. The lowest BCUT2D eigenvalue weighted by Gasteiger charge is -2.45. The molecule has 2 aliphatic carbocycles. The summed E-state index contributed by atoms with van der Waals surface area (Å²) in [6, 6.07) is 0. The molecule has 0 aliphatic heterocycles. The highest BCUT2D eigenvalue weighted by atomic mass is 16.6. The molecule has 2 aliphatic rings. The Morgan fingerprint density at radius 1 is 0.750 bits per heavy atom. The predicted molar refractivity (Wildman–Crippen MR) is 173 cm³/mol. The first kappa shape index (κ1) is 35.7. The summed E-state index contributed by atoms with van der Waals surface area (Å²) in [4.78, 5) is 0. The fourth-order valence-electron chi connectivity index (χ4n) is 8.49. The van der Waals surface area contributed by atoms with Crippen molar-refractivity contribution in [3.63, 3.8) is 0 Å². The van der Waals surface area contributed by atoms with Crippen molar-refractivity contribution in [1.29, 1.82) is 0 Å². The highest BCUT2D eigenvalue weighted by Crippen LogP contribution is 2.52. The van der Waals surface area contributed by atoms with Crippen molar-refractivity contribution in [3.8, 4) is 0 Å². The van der Waals surface area contributed by atoms with Crippen LogP contribution in [0.25, 0.3) is 0 Å². The number of aliphatic hydroxyl groups is 2. The first-order valence-electron chi connectivity index (χ1n) is 18.0. The highest BCUT2D eigenvalue weighted by molar-refractivity contribution is 5.20. The van der Waals surface area contributed by atoms with Gasteiger partial charge in [0, 0.05) is 18.9 Å². The van der Waals surface area contributed by atoms with Gasteiger partial charge >= 0.3 is 0 Å². The minimum Gasteiger partial charge on any atom is -0.512 e. The van der Waals surface area contributed by atoms with E-state index in [0.29, 0.717) is 5.76 Å². The summed E-state index contributed by atoms with van der Waals surface area (Å²) < 4.78 is 5.51. The third-order valence-electron chi connectivity index (χ3n) is 11.1. The Bertz CT molecular complexity index is 687. The molecule has 236 valence electrons. The van der Waals surface area contributed by atoms with Gasteiger partial charge in [0.25, 0.3) is 0 Å². The fourth-order valence-corrected chi connectivity index (χ4v) is 8.49. The average Bonchev–Trinajstić information content (AvgIpc) is 2.94. The molecule has 0 aromatic carbocycles. The summed E-state index contributed by atoms with van der Waals surface area (Å²) in [5.41, 5.74) is 1.58. The Morgan fingerprint density at radius 3 is 1.68 bits per heavy atom. The number of hydrogen-bond acceptors (Lipinski definition) is 3. The van der Waals surface area contributed by atoms with E-state index < -0.39 is 6.29 Å². The molecule has 3 nitrogen and oxygen atoms in total. The fraction of sp³-hybridized carbons (Fsp3) is 0.946. The molecule has 0 fully saturated rings. The molecular formula is C37H70O3.